The Balaban J connectivity index is 2.32. The van der Waals surface area contributed by atoms with Crippen LogP contribution >= 0.6 is 23.8 Å². The summed E-state index contributed by atoms with van der Waals surface area (Å²) < 4.78 is 20.9. The Morgan fingerprint density at radius 3 is 2.80 bits per heavy atom. The van der Waals surface area contributed by atoms with E-state index in [1.54, 1.807) is 22.8 Å². The van der Waals surface area contributed by atoms with Crippen LogP contribution in [0, 0.1) is 10.6 Å². The van der Waals surface area contributed by atoms with Crippen LogP contribution in [-0.2, 0) is 0 Å². The molecule has 0 radical (unpaired) electrons. The lowest BCUT2D eigenvalue weighted by Crippen LogP contribution is -1.97. The smallest absolute Gasteiger partial charge is 0.182 e. The van der Waals surface area contributed by atoms with E-state index in [9.17, 15) is 4.39 Å². The van der Waals surface area contributed by atoms with E-state index >= 15 is 0 Å². The van der Waals surface area contributed by atoms with E-state index in [1.807, 2.05) is 12.1 Å². The number of rotatable bonds is 2. The van der Waals surface area contributed by atoms with Gasteiger partial charge in [-0.2, -0.15) is 0 Å². The van der Waals surface area contributed by atoms with Crippen molar-refractivity contribution in [2.45, 2.75) is 0 Å². The van der Waals surface area contributed by atoms with Crippen LogP contribution in [0.4, 0.5) is 4.39 Å². The summed E-state index contributed by atoms with van der Waals surface area (Å²) in [5.41, 5.74) is 2.12. The Labute approximate surface area is 124 Å². The molecule has 0 saturated heterocycles. The molecule has 0 bridgehead atoms. The van der Waals surface area contributed by atoms with Crippen LogP contribution in [0.3, 0.4) is 0 Å². The number of aromatic amines is 1. The average molecular weight is 309 g/mol. The molecule has 0 aliphatic heterocycles. The molecule has 0 aliphatic rings. The molecule has 0 saturated carbocycles. The first kappa shape index (κ1) is 13.1. The maximum Gasteiger partial charge on any atom is 0.182 e. The van der Waals surface area contributed by atoms with Gasteiger partial charge in [-0.15, -0.1) is 0 Å². The highest BCUT2D eigenvalue weighted by Crippen LogP contribution is 2.28. The largest absolute Gasteiger partial charge is 0.494 e. The molecule has 0 unspecified atom stereocenters. The second-order valence-electron chi connectivity index (χ2n) is 4.22. The van der Waals surface area contributed by atoms with Crippen molar-refractivity contribution in [3.63, 3.8) is 0 Å². The Hall–Kier alpha value is -1.85. The first-order valence-electron chi connectivity index (χ1n) is 5.85. The van der Waals surface area contributed by atoms with Gasteiger partial charge in [0.2, 0.25) is 0 Å². The summed E-state index contributed by atoms with van der Waals surface area (Å²) >= 11 is 11.5. The Bertz CT molecular complexity index is 856. The van der Waals surface area contributed by atoms with Crippen molar-refractivity contribution >= 4 is 34.9 Å². The summed E-state index contributed by atoms with van der Waals surface area (Å²) in [7, 11) is 1.42. The van der Waals surface area contributed by atoms with Crippen molar-refractivity contribution in [3.8, 4) is 11.4 Å². The summed E-state index contributed by atoms with van der Waals surface area (Å²) in [6, 6.07) is 10.1. The number of methoxy groups -OCH3 is 1. The number of nitrogens with zero attached hydrogens (tertiary/aromatic N) is 1. The lowest BCUT2D eigenvalue weighted by molar-refractivity contribution is 0.386. The summed E-state index contributed by atoms with van der Waals surface area (Å²) in [6.45, 7) is 0. The number of aromatic nitrogens is 2. The van der Waals surface area contributed by atoms with Crippen LogP contribution in [0.15, 0.2) is 36.4 Å². The van der Waals surface area contributed by atoms with Crippen molar-refractivity contribution in [1.29, 1.82) is 0 Å². The number of fused-ring (bicyclic) bond motifs is 1. The van der Waals surface area contributed by atoms with E-state index in [0.29, 0.717) is 15.5 Å². The molecule has 20 heavy (non-hydrogen) atoms. The number of hydrogen-bond acceptors (Lipinski definition) is 2. The number of para-hydroxylation sites is 1. The molecule has 0 fully saturated rings. The van der Waals surface area contributed by atoms with E-state index in [4.69, 9.17) is 28.6 Å². The third kappa shape index (κ3) is 1.99. The van der Waals surface area contributed by atoms with Crippen LogP contribution in [0.25, 0.3) is 16.7 Å². The fraction of sp³-hybridized carbons (Fsp3) is 0.0714. The predicted octanol–water partition coefficient (Wildman–Crippen LogP) is 4.49. The Kier molecular flexibility index (Phi) is 3.23. The lowest BCUT2D eigenvalue weighted by Gasteiger charge is -2.08. The second-order valence-corrected chi connectivity index (χ2v) is 5.01. The minimum atomic E-state index is -0.451. The van der Waals surface area contributed by atoms with Crippen LogP contribution in [0.5, 0.6) is 5.75 Å². The normalized spacial score (nSPS) is 10.9. The molecule has 1 aromatic heterocycles. The standard InChI is InChI=1S/C14H10ClFN2OS/c1-19-12-6-5-8(7-10(12)16)18-13-9(15)3-2-4-11(13)17-14(18)20/h2-7H,1H3,(H,17,20). The summed E-state index contributed by atoms with van der Waals surface area (Å²) in [5.74, 6) is -0.264. The van der Waals surface area contributed by atoms with Gasteiger partial charge in [0.25, 0.3) is 0 Å². The zero-order valence-corrected chi connectivity index (χ0v) is 12.1. The average Bonchev–Trinajstić information content (AvgIpc) is 2.76. The highest BCUT2D eigenvalue weighted by atomic mass is 35.5. The van der Waals surface area contributed by atoms with Gasteiger partial charge in [-0.3, -0.25) is 4.57 Å². The molecule has 6 heteroatoms. The highest BCUT2D eigenvalue weighted by Gasteiger charge is 2.12. The monoisotopic (exact) mass is 308 g/mol. The van der Waals surface area contributed by atoms with Crippen LogP contribution in [0.1, 0.15) is 0 Å². The van der Waals surface area contributed by atoms with E-state index in [1.165, 1.54) is 13.2 Å². The number of ether oxygens (including phenoxy) is 1. The maximum atomic E-state index is 13.9. The van der Waals surface area contributed by atoms with Crippen LogP contribution in [-0.4, -0.2) is 16.7 Å². The van der Waals surface area contributed by atoms with Gasteiger partial charge in [0, 0.05) is 6.07 Å². The fourth-order valence-corrected chi connectivity index (χ4v) is 2.72. The fourth-order valence-electron chi connectivity index (χ4n) is 2.16. The van der Waals surface area contributed by atoms with Gasteiger partial charge >= 0.3 is 0 Å². The molecule has 102 valence electrons. The van der Waals surface area contributed by atoms with Crippen molar-refractivity contribution < 1.29 is 9.13 Å². The van der Waals surface area contributed by atoms with Gasteiger partial charge in [0.15, 0.2) is 16.3 Å². The van der Waals surface area contributed by atoms with Crippen LogP contribution < -0.4 is 4.74 Å². The molecule has 0 spiro atoms. The number of benzene rings is 2. The van der Waals surface area contributed by atoms with Gasteiger partial charge in [-0.1, -0.05) is 17.7 Å². The third-order valence-electron chi connectivity index (χ3n) is 3.05. The Morgan fingerprint density at radius 1 is 1.30 bits per heavy atom. The highest BCUT2D eigenvalue weighted by molar-refractivity contribution is 7.71. The summed E-state index contributed by atoms with van der Waals surface area (Å²) in [5, 5.41) is 0.547. The Morgan fingerprint density at radius 2 is 2.10 bits per heavy atom. The van der Waals surface area contributed by atoms with Crippen molar-refractivity contribution in [3.05, 3.63) is 52.0 Å². The summed E-state index contributed by atoms with van der Waals surface area (Å²) in [4.78, 5) is 3.05. The molecular formula is C14H10ClFN2OS. The minimum absolute atomic E-state index is 0.186. The number of halogens is 2. The maximum absolute atomic E-state index is 13.9. The van der Waals surface area contributed by atoms with Gasteiger partial charge in [-0.25, -0.2) is 4.39 Å². The van der Waals surface area contributed by atoms with Crippen molar-refractivity contribution in [2.75, 3.05) is 7.11 Å². The first-order valence-corrected chi connectivity index (χ1v) is 6.63. The molecule has 1 N–H and O–H groups in total. The number of hydrogen-bond donors (Lipinski definition) is 1. The molecule has 0 aliphatic carbocycles. The molecule has 0 amide bonds. The van der Waals surface area contributed by atoms with E-state index in [2.05, 4.69) is 4.98 Å². The third-order valence-corrected chi connectivity index (χ3v) is 3.64. The molecule has 2 aromatic carbocycles. The SMILES string of the molecule is COc1ccc(-n2c(=S)[nH]c3cccc(Cl)c32)cc1F. The van der Waals surface area contributed by atoms with Crippen molar-refractivity contribution in [1.82, 2.24) is 9.55 Å². The number of H-pyrrole nitrogens is 1. The molecule has 3 rings (SSSR count). The molecular weight excluding hydrogens is 299 g/mol. The topological polar surface area (TPSA) is 29.9 Å². The van der Waals surface area contributed by atoms with E-state index < -0.39 is 5.82 Å². The summed E-state index contributed by atoms with van der Waals surface area (Å²) in [6.07, 6.45) is 0. The van der Waals surface area contributed by atoms with Gasteiger partial charge < -0.3 is 9.72 Å². The zero-order valence-electron chi connectivity index (χ0n) is 10.5. The van der Waals surface area contributed by atoms with E-state index in [-0.39, 0.29) is 5.75 Å². The zero-order chi connectivity index (χ0) is 14.3. The quantitative estimate of drug-likeness (QED) is 0.707. The molecule has 1 heterocycles. The second kappa shape index (κ2) is 4.92. The van der Waals surface area contributed by atoms with Gasteiger partial charge in [-0.05, 0) is 36.5 Å². The van der Waals surface area contributed by atoms with Gasteiger partial charge in [0.05, 0.1) is 28.9 Å². The van der Waals surface area contributed by atoms with Gasteiger partial charge in [0.1, 0.15) is 0 Å². The lowest BCUT2D eigenvalue weighted by atomic mass is 10.2. The molecule has 3 aromatic rings. The number of nitrogens with one attached hydrogen (secondary N) is 1. The minimum Gasteiger partial charge on any atom is -0.494 e. The van der Waals surface area contributed by atoms with Crippen LogP contribution in [0.2, 0.25) is 5.02 Å². The van der Waals surface area contributed by atoms with E-state index in [0.717, 1.165) is 11.0 Å². The molecule has 3 nitrogen and oxygen atoms in total. The first-order chi connectivity index (χ1) is 9.61. The van der Waals surface area contributed by atoms with Crippen molar-refractivity contribution in [2.24, 2.45) is 0 Å². The predicted molar refractivity (Wildman–Crippen MR) is 80.0 cm³/mol. The number of imidazole rings is 1. The molecule has 0 atom stereocenters.